The van der Waals surface area contributed by atoms with Crippen LogP contribution < -0.4 is 4.74 Å². The number of nitrogens with zero attached hydrogens (tertiary/aromatic N) is 2. The Kier molecular flexibility index (Phi) is 3.76. The van der Waals surface area contributed by atoms with Gasteiger partial charge >= 0.3 is 0 Å². The van der Waals surface area contributed by atoms with Crippen LogP contribution in [-0.4, -0.2) is 29.2 Å². The first kappa shape index (κ1) is 13.3. The summed E-state index contributed by atoms with van der Waals surface area (Å²) in [4.78, 5) is 0. The molecule has 19 heavy (non-hydrogen) atoms. The first-order valence-corrected chi connectivity index (χ1v) is 7.55. The van der Waals surface area contributed by atoms with Crippen molar-refractivity contribution in [3.8, 4) is 5.88 Å². The fourth-order valence-electron chi connectivity index (χ4n) is 3.49. The molecule has 0 aromatic carbocycles. The van der Waals surface area contributed by atoms with Crippen LogP contribution >= 0.6 is 12.8 Å². The Morgan fingerprint density at radius 1 is 1.47 bits per heavy atom. The summed E-state index contributed by atoms with van der Waals surface area (Å²) in [6.07, 6.45) is 6.51. The topological polar surface area (TPSA) is 38.5 Å². The lowest BCUT2D eigenvalue weighted by Crippen LogP contribution is -2.45. The van der Waals surface area contributed by atoms with Gasteiger partial charge in [-0.1, -0.05) is 12.8 Å². The SMILES string of the molecule is Cc1cc(OCCC2CC3(CCN(S)CC3)C2)no1. The summed E-state index contributed by atoms with van der Waals surface area (Å²) in [6, 6.07) is 1.84. The monoisotopic (exact) mass is 282 g/mol. The number of thiol groups is 1. The van der Waals surface area contributed by atoms with Crippen molar-refractivity contribution in [2.24, 2.45) is 11.3 Å². The molecule has 0 amide bonds. The summed E-state index contributed by atoms with van der Waals surface area (Å²) in [7, 11) is 0. The van der Waals surface area contributed by atoms with Crippen LogP contribution in [0.4, 0.5) is 0 Å². The van der Waals surface area contributed by atoms with Gasteiger partial charge in [-0.05, 0) is 55.5 Å². The van der Waals surface area contributed by atoms with Crippen molar-refractivity contribution in [1.82, 2.24) is 9.46 Å². The third-order valence-electron chi connectivity index (χ3n) is 4.63. The number of ether oxygens (including phenoxy) is 1. The number of aryl methyl sites for hydroxylation is 1. The highest BCUT2D eigenvalue weighted by Gasteiger charge is 2.44. The van der Waals surface area contributed by atoms with Gasteiger partial charge in [0.1, 0.15) is 5.76 Å². The van der Waals surface area contributed by atoms with Crippen LogP contribution in [0.3, 0.4) is 0 Å². The Labute approximate surface area is 120 Å². The number of hydrogen-bond donors (Lipinski definition) is 1. The molecule has 5 heteroatoms. The minimum atomic E-state index is 0.620. The van der Waals surface area contributed by atoms with E-state index in [1.165, 1.54) is 25.7 Å². The van der Waals surface area contributed by atoms with Crippen molar-refractivity contribution >= 4 is 12.8 Å². The highest BCUT2D eigenvalue weighted by Crippen LogP contribution is 2.53. The maximum Gasteiger partial charge on any atom is 0.254 e. The highest BCUT2D eigenvalue weighted by molar-refractivity contribution is 7.77. The second-order valence-electron chi connectivity index (χ2n) is 6.14. The molecule has 4 nitrogen and oxygen atoms in total. The van der Waals surface area contributed by atoms with Gasteiger partial charge in [0, 0.05) is 19.2 Å². The van der Waals surface area contributed by atoms with Crippen molar-refractivity contribution in [1.29, 1.82) is 0 Å². The van der Waals surface area contributed by atoms with E-state index in [2.05, 4.69) is 22.3 Å². The predicted molar refractivity (Wildman–Crippen MR) is 76.3 cm³/mol. The van der Waals surface area contributed by atoms with Crippen LogP contribution in [0.5, 0.6) is 5.88 Å². The average molecular weight is 282 g/mol. The molecule has 1 saturated heterocycles. The van der Waals surface area contributed by atoms with Gasteiger partial charge in [0.2, 0.25) is 0 Å². The smallest absolute Gasteiger partial charge is 0.254 e. The largest absolute Gasteiger partial charge is 0.475 e. The molecule has 3 rings (SSSR count). The van der Waals surface area contributed by atoms with Gasteiger partial charge in [-0.15, -0.1) is 0 Å². The molecule has 2 aliphatic rings. The predicted octanol–water partition coefficient (Wildman–Crippen LogP) is 3.09. The van der Waals surface area contributed by atoms with Gasteiger partial charge in [0.25, 0.3) is 5.88 Å². The Morgan fingerprint density at radius 2 is 2.21 bits per heavy atom. The summed E-state index contributed by atoms with van der Waals surface area (Å²) in [5.74, 6) is 2.26. The minimum absolute atomic E-state index is 0.620. The molecule has 0 unspecified atom stereocenters. The molecule has 1 aliphatic carbocycles. The zero-order valence-electron chi connectivity index (χ0n) is 11.5. The molecule has 1 spiro atoms. The van der Waals surface area contributed by atoms with E-state index in [1.807, 2.05) is 13.0 Å². The molecule has 106 valence electrons. The summed E-state index contributed by atoms with van der Waals surface area (Å²) >= 11 is 4.42. The summed E-state index contributed by atoms with van der Waals surface area (Å²) < 4.78 is 12.7. The molecule has 1 saturated carbocycles. The number of aromatic nitrogens is 1. The van der Waals surface area contributed by atoms with Crippen molar-refractivity contribution < 1.29 is 9.26 Å². The van der Waals surface area contributed by atoms with Crippen LogP contribution in [0.1, 0.15) is 37.9 Å². The van der Waals surface area contributed by atoms with Crippen LogP contribution in [0.15, 0.2) is 10.6 Å². The molecule has 2 fully saturated rings. The molecule has 0 atom stereocenters. The van der Waals surface area contributed by atoms with Gasteiger partial charge in [0.15, 0.2) is 0 Å². The van der Waals surface area contributed by atoms with Crippen molar-refractivity contribution in [2.75, 3.05) is 19.7 Å². The number of piperidine rings is 1. The van der Waals surface area contributed by atoms with Crippen LogP contribution in [-0.2, 0) is 0 Å². The quantitative estimate of drug-likeness (QED) is 0.861. The summed E-state index contributed by atoms with van der Waals surface area (Å²) in [5.41, 5.74) is 0.633. The van der Waals surface area contributed by atoms with Gasteiger partial charge in [-0.25, -0.2) is 0 Å². The normalized spacial score (nSPS) is 23.5. The lowest BCUT2D eigenvalue weighted by Gasteiger charge is -2.51. The third-order valence-corrected chi connectivity index (χ3v) is 5.03. The third kappa shape index (κ3) is 3.08. The maximum absolute atomic E-state index is 5.60. The Morgan fingerprint density at radius 3 is 2.84 bits per heavy atom. The standard InChI is InChI=1S/C14H22N2O2S/c1-11-8-13(15-18-11)17-7-2-12-9-14(10-12)3-5-16(19)6-4-14/h8,12,19H,2-7,9-10H2,1H3. The molecule has 0 bridgehead atoms. The van der Waals surface area contributed by atoms with E-state index in [-0.39, 0.29) is 0 Å². The zero-order chi connectivity index (χ0) is 13.3. The Balaban J connectivity index is 1.35. The van der Waals surface area contributed by atoms with E-state index >= 15 is 0 Å². The van der Waals surface area contributed by atoms with Crippen molar-refractivity contribution in [3.63, 3.8) is 0 Å². The Bertz CT molecular complexity index is 419. The summed E-state index contributed by atoms with van der Waals surface area (Å²) in [5, 5.41) is 3.84. The lowest BCUT2D eigenvalue weighted by molar-refractivity contribution is -0.00229. The Hall–Kier alpha value is -0.680. The minimum Gasteiger partial charge on any atom is -0.475 e. The maximum atomic E-state index is 5.60. The molecule has 1 aromatic rings. The summed E-state index contributed by atoms with van der Waals surface area (Å²) in [6.45, 7) is 4.92. The second kappa shape index (κ2) is 5.37. The highest BCUT2D eigenvalue weighted by atomic mass is 32.1. The first-order valence-electron chi connectivity index (χ1n) is 7.15. The number of rotatable bonds is 4. The van der Waals surface area contributed by atoms with Crippen LogP contribution in [0.25, 0.3) is 0 Å². The van der Waals surface area contributed by atoms with E-state index in [0.717, 1.165) is 37.8 Å². The van der Waals surface area contributed by atoms with Crippen molar-refractivity contribution in [3.05, 3.63) is 11.8 Å². The molecular formula is C14H22N2O2S. The lowest BCUT2D eigenvalue weighted by atomic mass is 9.57. The number of hydrogen-bond acceptors (Lipinski definition) is 5. The molecule has 1 aliphatic heterocycles. The van der Waals surface area contributed by atoms with E-state index in [0.29, 0.717) is 11.3 Å². The molecule has 0 N–H and O–H groups in total. The van der Waals surface area contributed by atoms with Crippen molar-refractivity contribution in [2.45, 2.75) is 39.0 Å². The van der Waals surface area contributed by atoms with Gasteiger partial charge in [0.05, 0.1) is 6.61 Å². The fourth-order valence-corrected chi connectivity index (χ4v) is 3.69. The second-order valence-corrected chi connectivity index (χ2v) is 6.71. The van der Waals surface area contributed by atoms with E-state index in [4.69, 9.17) is 9.26 Å². The zero-order valence-corrected chi connectivity index (χ0v) is 12.4. The molecule has 2 heterocycles. The van der Waals surface area contributed by atoms with Crippen LogP contribution in [0, 0.1) is 18.3 Å². The van der Waals surface area contributed by atoms with Gasteiger partial charge < -0.3 is 9.26 Å². The van der Waals surface area contributed by atoms with Gasteiger partial charge in [-0.3, -0.25) is 4.31 Å². The van der Waals surface area contributed by atoms with E-state index < -0.39 is 0 Å². The fraction of sp³-hybridized carbons (Fsp3) is 0.786. The van der Waals surface area contributed by atoms with Crippen LogP contribution in [0.2, 0.25) is 0 Å². The first-order chi connectivity index (χ1) is 9.15. The molecule has 1 aromatic heterocycles. The molecule has 0 radical (unpaired) electrons. The molecular weight excluding hydrogens is 260 g/mol. The van der Waals surface area contributed by atoms with E-state index in [9.17, 15) is 0 Å². The average Bonchev–Trinajstić information content (AvgIpc) is 2.76. The van der Waals surface area contributed by atoms with E-state index in [1.54, 1.807) is 0 Å². The van der Waals surface area contributed by atoms with Gasteiger partial charge in [-0.2, -0.15) is 0 Å².